The third kappa shape index (κ3) is 2.84. The summed E-state index contributed by atoms with van der Waals surface area (Å²) >= 11 is 0. The van der Waals surface area contributed by atoms with Crippen LogP contribution >= 0.6 is 0 Å². The zero-order valence-corrected chi connectivity index (χ0v) is 14.3. The highest BCUT2D eigenvalue weighted by molar-refractivity contribution is 5.99. The van der Waals surface area contributed by atoms with Crippen molar-refractivity contribution in [1.82, 2.24) is 19.5 Å². The summed E-state index contributed by atoms with van der Waals surface area (Å²) in [4.78, 5) is 18.6. The second-order valence-electron chi connectivity index (χ2n) is 7.00. The molecule has 0 aliphatic carbocycles. The Morgan fingerprint density at radius 2 is 2.00 bits per heavy atom. The van der Waals surface area contributed by atoms with E-state index in [0.29, 0.717) is 17.6 Å². The standard InChI is InChI=1S/C17H19F3N4O2/c1-11-9-13(17(18,19)20)24-14(22-11)12(10-21-24)15(25)23-6-4-16(5-7-23)3-2-8-26-16/h9-10H,2-8H2,1H3. The molecule has 4 rings (SSSR count). The Bertz CT molecular complexity index is 846. The number of hydrogen-bond donors (Lipinski definition) is 0. The number of piperidine rings is 1. The Hall–Kier alpha value is -2.16. The molecule has 0 bridgehead atoms. The molecule has 26 heavy (non-hydrogen) atoms. The normalized spacial score (nSPS) is 20.2. The lowest BCUT2D eigenvalue weighted by molar-refractivity contribution is -0.142. The predicted octanol–water partition coefficient (Wildman–Crippen LogP) is 2.84. The summed E-state index contributed by atoms with van der Waals surface area (Å²) in [6.07, 6.45) is 0.134. The Balaban J connectivity index is 1.63. The van der Waals surface area contributed by atoms with Crippen molar-refractivity contribution >= 4 is 11.6 Å². The van der Waals surface area contributed by atoms with Crippen molar-refractivity contribution in [2.24, 2.45) is 0 Å². The van der Waals surface area contributed by atoms with Crippen LogP contribution in [0.3, 0.4) is 0 Å². The fourth-order valence-corrected chi connectivity index (χ4v) is 3.87. The van der Waals surface area contributed by atoms with Gasteiger partial charge in [-0.3, -0.25) is 4.79 Å². The van der Waals surface area contributed by atoms with Crippen molar-refractivity contribution in [2.45, 2.75) is 44.4 Å². The molecule has 4 heterocycles. The minimum Gasteiger partial charge on any atom is -0.375 e. The Labute approximate surface area is 147 Å². The summed E-state index contributed by atoms with van der Waals surface area (Å²) in [6, 6.07) is 0.927. The molecular weight excluding hydrogens is 349 g/mol. The highest BCUT2D eigenvalue weighted by Crippen LogP contribution is 2.36. The summed E-state index contributed by atoms with van der Waals surface area (Å²) in [5.74, 6) is -0.334. The van der Waals surface area contributed by atoms with E-state index < -0.39 is 11.9 Å². The van der Waals surface area contributed by atoms with Gasteiger partial charge < -0.3 is 9.64 Å². The Morgan fingerprint density at radius 1 is 1.27 bits per heavy atom. The number of fused-ring (bicyclic) bond motifs is 1. The maximum absolute atomic E-state index is 13.2. The van der Waals surface area contributed by atoms with Crippen molar-refractivity contribution in [3.63, 3.8) is 0 Å². The fraction of sp³-hybridized carbons (Fsp3) is 0.588. The molecule has 2 aliphatic heterocycles. The quantitative estimate of drug-likeness (QED) is 0.777. The molecule has 0 atom stereocenters. The predicted molar refractivity (Wildman–Crippen MR) is 85.8 cm³/mol. The van der Waals surface area contributed by atoms with Gasteiger partial charge in [0, 0.05) is 25.4 Å². The van der Waals surface area contributed by atoms with Crippen LogP contribution in [0.4, 0.5) is 13.2 Å². The number of amides is 1. The van der Waals surface area contributed by atoms with E-state index in [1.165, 1.54) is 13.1 Å². The molecule has 2 fully saturated rings. The molecule has 6 nitrogen and oxygen atoms in total. The maximum atomic E-state index is 13.2. The minimum atomic E-state index is -4.57. The van der Waals surface area contributed by atoms with Crippen molar-refractivity contribution in [1.29, 1.82) is 0 Å². The number of carbonyl (C=O) groups is 1. The molecule has 2 saturated heterocycles. The van der Waals surface area contributed by atoms with Gasteiger partial charge in [-0.25, -0.2) is 9.50 Å². The zero-order chi connectivity index (χ0) is 18.5. The van der Waals surface area contributed by atoms with E-state index in [1.54, 1.807) is 4.90 Å². The average Bonchev–Trinajstić information content (AvgIpc) is 3.20. The molecule has 0 N–H and O–H groups in total. The Morgan fingerprint density at radius 3 is 2.62 bits per heavy atom. The summed E-state index contributed by atoms with van der Waals surface area (Å²) < 4.78 is 46.3. The first-order valence-electron chi connectivity index (χ1n) is 8.65. The van der Waals surface area contributed by atoms with Gasteiger partial charge in [0.15, 0.2) is 5.65 Å². The number of aryl methyl sites for hydroxylation is 1. The molecule has 2 aromatic rings. The summed E-state index contributed by atoms with van der Waals surface area (Å²) in [5, 5.41) is 3.78. The lowest BCUT2D eigenvalue weighted by atomic mass is 9.88. The number of nitrogens with zero attached hydrogens (tertiary/aromatic N) is 4. The van der Waals surface area contributed by atoms with Crippen molar-refractivity contribution in [3.05, 3.63) is 29.2 Å². The van der Waals surface area contributed by atoms with Crippen molar-refractivity contribution in [3.8, 4) is 0 Å². The first-order chi connectivity index (χ1) is 12.3. The number of ether oxygens (including phenoxy) is 1. The molecular formula is C17H19F3N4O2. The van der Waals surface area contributed by atoms with Crippen LogP contribution in [0.5, 0.6) is 0 Å². The SMILES string of the molecule is Cc1cc(C(F)(F)F)n2ncc(C(=O)N3CCC4(CCCO4)CC3)c2n1. The van der Waals surface area contributed by atoms with Crippen LogP contribution in [-0.4, -0.2) is 50.7 Å². The number of hydrogen-bond acceptors (Lipinski definition) is 4. The van der Waals surface area contributed by atoms with Gasteiger partial charge >= 0.3 is 6.18 Å². The zero-order valence-electron chi connectivity index (χ0n) is 14.3. The van der Waals surface area contributed by atoms with E-state index in [4.69, 9.17) is 4.74 Å². The van der Waals surface area contributed by atoms with E-state index >= 15 is 0 Å². The highest BCUT2D eigenvalue weighted by atomic mass is 19.4. The number of likely N-dealkylation sites (tertiary alicyclic amines) is 1. The second kappa shape index (κ2) is 5.94. The van der Waals surface area contributed by atoms with E-state index in [1.807, 2.05) is 0 Å². The molecule has 9 heteroatoms. The lowest BCUT2D eigenvalue weighted by Crippen LogP contribution is -2.46. The number of halogens is 3. The van der Waals surface area contributed by atoms with E-state index in [9.17, 15) is 18.0 Å². The van der Waals surface area contributed by atoms with E-state index in [-0.39, 0.29) is 28.4 Å². The molecule has 2 aromatic heterocycles. The number of rotatable bonds is 1. The van der Waals surface area contributed by atoms with Crippen LogP contribution in [0.25, 0.3) is 5.65 Å². The third-order valence-corrected chi connectivity index (χ3v) is 5.27. The number of aromatic nitrogens is 3. The minimum absolute atomic E-state index is 0.0558. The van der Waals surface area contributed by atoms with Crippen LogP contribution < -0.4 is 0 Å². The van der Waals surface area contributed by atoms with Crippen molar-refractivity contribution in [2.75, 3.05) is 19.7 Å². The first kappa shape index (κ1) is 17.3. The summed E-state index contributed by atoms with van der Waals surface area (Å²) in [5.41, 5.74) is -0.828. The van der Waals surface area contributed by atoms with Crippen LogP contribution in [0.1, 0.15) is 47.4 Å². The molecule has 0 radical (unpaired) electrons. The summed E-state index contributed by atoms with van der Waals surface area (Å²) in [6.45, 7) is 3.27. The van der Waals surface area contributed by atoms with Crippen LogP contribution in [0.15, 0.2) is 12.3 Å². The van der Waals surface area contributed by atoms with Gasteiger partial charge in [-0.15, -0.1) is 0 Å². The van der Waals surface area contributed by atoms with Gasteiger partial charge in [0.1, 0.15) is 11.3 Å². The van der Waals surface area contributed by atoms with Crippen LogP contribution in [0, 0.1) is 6.92 Å². The Kier molecular flexibility index (Phi) is 3.94. The fourth-order valence-electron chi connectivity index (χ4n) is 3.87. The van der Waals surface area contributed by atoms with Gasteiger partial charge in [0.2, 0.25) is 0 Å². The van der Waals surface area contributed by atoms with Crippen molar-refractivity contribution < 1.29 is 22.7 Å². The highest BCUT2D eigenvalue weighted by Gasteiger charge is 2.40. The number of carbonyl (C=O) groups excluding carboxylic acids is 1. The molecule has 0 unspecified atom stereocenters. The van der Waals surface area contributed by atoms with E-state index in [0.717, 1.165) is 38.4 Å². The molecule has 140 valence electrons. The topological polar surface area (TPSA) is 59.7 Å². The monoisotopic (exact) mass is 368 g/mol. The molecule has 2 aliphatic rings. The van der Waals surface area contributed by atoms with Crippen LogP contribution in [0.2, 0.25) is 0 Å². The average molecular weight is 368 g/mol. The van der Waals surface area contributed by atoms with Gasteiger partial charge in [-0.1, -0.05) is 0 Å². The maximum Gasteiger partial charge on any atom is 0.433 e. The number of alkyl halides is 3. The smallest absolute Gasteiger partial charge is 0.375 e. The van der Waals surface area contributed by atoms with Gasteiger partial charge in [-0.05, 0) is 38.7 Å². The molecule has 1 amide bonds. The first-order valence-corrected chi connectivity index (χ1v) is 8.65. The summed E-state index contributed by atoms with van der Waals surface area (Å²) in [7, 11) is 0. The van der Waals surface area contributed by atoms with Gasteiger partial charge in [-0.2, -0.15) is 18.3 Å². The van der Waals surface area contributed by atoms with Gasteiger partial charge in [0.05, 0.1) is 11.8 Å². The third-order valence-electron chi connectivity index (χ3n) is 5.27. The van der Waals surface area contributed by atoms with E-state index in [2.05, 4.69) is 10.1 Å². The second-order valence-corrected chi connectivity index (χ2v) is 7.00. The van der Waals surface area contributed by atoms with Gasteiger partial charge in [0.25, 0.3) is 5.91 Å². The van der Waals surface area contributed by atoms with Crippen LogP contribution in [-0.2, 0) is 10.9 Å². The molecule has 0 saturated carbocycles. The molecule has 0 aromatic carbocycles. The molecule has 1 spiro atoms. The largest absolute Gasteiger partial charge is 0.433 e. The lowest BCUT2D eigenvalue weighted by Gasteiger charge is -2.38.